The Labute approximate surface area is 153 Å². The van der Waals surface area contributed by atoms with E-state index in [1.54, 1.807) is 7.11 Å². The van der Waals surface area contributed by atoms with Crippen LogP contribution in [0.1, 0.15) is 17.0 Å². The van der Waals surface area contributed by atoms with Gasteiger partial charge in [-0.15, -0.1) is 0 Å². The van der Waals surface area contributed by atoms with Gasteiger partial charge in [-0.05, 0) is 42.7 Å². The minimum Gasteiger partial charge on any atom is -0.497 e. The molecule has 0 saturated carbocycles. The van der Waals surface area contributed by atoms with Crippen LogP contribution in [0.3, 0.4) is 0 Å². The summed E-state index contributed by atoms with van der Waals surface area (Å²) in [6.45, 7) is 3.59. The van der Waals surface area contributed by atoms with Crippen molar-refractivity contribution in [1.82, 2.24) is 9.97 Å². The van der Waals surface area contributed by atoms with Crippen LogP contribution in [0.15, 0.2) is 54.6 Å². The zero-order chi connectivity index (χ0) is 17.9. The van der Waals surface area contributed by atoms with Gasteiger partial charge in [-0.3, -0.25) is 0 Å². The number of fused-ring (bicyclic) bond motifs is 1. The first-order valence-electron chi connectivity index (χ1n) is 8.81. The quantitative estimate of drug-likeness (QED) is 0.754. The normalized spacial score (nSPS) is 12.8. The van der Waals surface area contributed by atoms with Gasteiger partial charge in [-0.1, -0.05) is 30.3 Å². The summed E-state index contributed by atoms with van der Waals surface area (Å²) in [4.78, 5) is 11.5. The first-order valence-corrected chi connectivity index (χ1v) is 8.81. The van der Waals surface area contributed by atoms with Crippen molar-refractivity contribution in [3.63, 3.8) is 0 Å². The van der Waals surface area contributed by atoms with E-state index < -0.39 is 0 Å². The summed E-state index contributed by atoms with van der Waals surface area (Å²) in [5, 5.41) is 3.41. The minimum absolute atomic E-state index is 0.705. The number of ether oxygens (including phenoxy) is 1. The van der Waals surface area contributed by atoms with Gasteiger partial charge in [0.05, 0.1) is 7.11 Å². The van der Waals surface area contributed by atoms with Crippen molar-refractivity contribution < 1.29 is 4.74 Å². The lowest BCUT2D eigenvalue weighted by Crippen LogP contribution is -2.16. The number of nitrogens with one attached hydrogen (secondary N) is 1. The van der Waals surface area contributed by atoms with Crippen LogP contribution in [0.25, 0.3) is 0 Å². The topological polar surface area (TPSA) is 50.3 Å². The third-order valence-electron chi connectivity index (χ3n) is 4.62. The molecule has 1 aromatic heterocycles. The average Bonchev–Trinajstić information content (AvgIpc) is 3.10. The van der Waals surface area contributed by atoms with Gasteiger partial charge in [0.15, 0.2) is 0 Å². The summed E-state index contributed by atoms with van der Waals surface area (Å²) in [5.74, 6) is 3.41. The van der Waals surface area contributed by atoms with Crippen molar-refractivity contribution in [2.24, 2.45) is 0 Å². The number of nitrogens with zero attached hydrogens (tertiary/aromatic N) is 3. The number of benzene rings is 2. The van der Waals surface area contributed by atoms with E-state index in [0.717, 1.165) is 36.2 Å². The molecule has 1 N–H and O–H groups in total. The third-order valence-corrected chi connectivity index (χ3v) is 4.62. The van der Waals surface area contributed by atoms with Crippen molar-refractivity contribution >= 4 is 17.3 Å². The van der Waals surface area contributed by atoms with Gasteiger partial charge in [-0.2, -0.15) is 0 Å². The molecule has 26 heavy (non-hydrogen) atoms. The number of rotatable bonds is 5. The highest BCUT2D eigenvalue weighted by Crippen LogP contribution is 2.33. The third kappa shape index (κ3) is 3.33. The maximum absolute atomic E-state index is 5.20. The first kappa shape index (κ1) is 16.4. The summed E-state index contributed by atoms with van der Waals surface area (Å²) < 4.78 is 5.20. The Balaban J connectivity index is 1.53. The van der Waals surface area contributed by atoms with Crippen LogP contribution in [0.5, 0.6) is 5.75 Å². The molecule has 1 aliphatic heterocycles. The molecule has 1 aliphatic rings. The lowest BCUT2D eigenvalue weighted by molar-refractivity contribution is 0.414. The van der Waals surface area contributed by atoms with Crippen LogP contribution in [0.2, 0.25) is 0 Å². The lowest BCUT2D eigenvalue weighted by atomic mass is 10.2. The Morgan fingerprint density at radius 2 is 1.88 bits per heavy atom. The average molecular weight is 346 g/mol. The summed E-state index contributed by atoms with van der Waals surface area (Å²) in [6, 6.07) is 18.6. The van der Waals surface area contributed by atoms with E-state index in [-0.39, 0.29) is 0 Å². The van der Waals surface area contributed by atoms with E-state index in [9.17, 15) is 0 Å². The molecule has 3 aromatic rings. The zero-order valence-electron chi connectivity index (χ0n) is 15.1. The number of para-hydroxylation sites is 1. The van der Waals surface area contributed by atoms with Crippen molar-refractivity contribution in [3.8, 4) is 5.75 Å². The second-order valence-electron chi connectivity index (χ2n) is 6.39. The lowest BCUT2D eigenvalue weighted by Gasteiger charge is -2.19. The van der Waals surface area contributed by atoms with Crippen LogP contribution < -0.4 is 15.0 Å². The molecular formula is C21H22N4O. The number of methoxy groups -OCH3 is 1. The highest BCUT2D eigenvalue weighted by Gasteiger charge is 2.21. The zero-order valence-corrected chi connectivity index (χ0v) is 15.1. The molecule has 0 atom stereocenters. The Kier molecular flexibility index (Phi) is 4.44. The Bertz CT molecular complexity index is 908. The molecule has 0 bridgehead atoms. The predicted molar refractivity (Wildman–Crippen MR) is 104 cm³/mol. The summed E-state index contributed by atoms with van der Waals surface area (Å²) in [6.07, 6.45) is 1.05. The molecule has 0 radical (unpaired) electrons. The molecule has 0 spiro atoms. The highest BCUT2D eigenvalue weighted by molar-refractivity contribution is 5.68. The molecule has 0 aliphatic carbocycles. The molecule has 2 aromatic carbocycles. The molecule has 0 amide bonds. The van der Waals surface area contributed by atoms with E-state index in [0.29, 0.717) is 6.54 Å². The molecule has 2 heterocycles. The van der Waals surface area contributed by atoms with Crippen molar-refractivity contribution in [1.29, 1.82) is 0 Å². The van der Waals surface area contributed by atoms with Crippen molar-refractivity contribution in [2.45, 2.75) is 19.9 Å². The molecule has 0 unspecified atom stereocenters. The van der Waals surface area contributed by atoms with E-state index in [1.807, 2.05) is 25.1 Å². The van der Waals surface area contributed by atoms with Crippen LogP contribution in [-0.4, -0.2) is 23.6 Å². The minimum atomic E-state index is 0.705. The number of aryl methyl sites for hydroxylation is 1. The van der Waals surface area contributed by atoms with E-state index in [2.05, 4.69) is 56.6 Å². The monoisotopic (exact) mass is 346 g/mol. The number of anilines is 3. The molecule has 4 rings (SSSR count). The fourth-order valence-corrected chi connectivity index (χ4v) is 3.29. The standard InChI is InChI=1S/C21H22N4O/c1-15-23-20(22-14-16-7-9-18(26-2)10-8-16)13-21(24-15)25-12-11-17-5-3-4-6-19(17)25/h3-10,13H,11-12,14H2,1-2H3,(H,22,23,24). The smallest absolute Gasteiger partial charge is 0.138 e. The Hall–Kier alpha value is -3.08. The van der Waals surface area contributed by atoms with Gasteiger partial charge < -0.3 is 15.0 Å². The predicted octanol–water partition coefficient (Wildman–Crippen LogP) is 4.10. The molecule has 132 valence electrons. The van der Waals surface area contributed by atoms with E-state index >= 15 is 0 Å². The second kappa shape index (κ2) is 7.04. The van der Waals surface area contributed by atoms with Gasteiger partial charge >= 0.3 is 0 Å². The fraction of sp³-hybridized carbons (Fsp3) is 0.238. The van der Waals surface area contributed by atoms with Gasteiger partial charge in [-0.25, -0.2) is 9.97 Å². The van der Waals surface area contributed by atoms with Gasteiger partial charge in [0.2, 0.25) is 0 Å². The second-order valence-corrected chi connectivity index (χ2v) is 6.39. The number of hydrogen-bond donors (Lipinski definition) is 1. The van der Waals surface area contributed by atoms with Crippen LogP contribution in [-0.2, 0) is 13.0 Å². The maximum Gasteiger partial charge on any atom is 0.138 e. The van der Waals surface area contributed by atoms with E-state index in [1.165, 1.54) is 16.8 Å². The van der Waals surface area contributed by atoms with Gasteiger partial charge in [0, 0.05) is 24.8 Å². The fourth-order valence-electron chi connectivity index (χ4n) is 3.29. The van der Waals surface area contributed by atoms with Crippen LogP contribution in [0, 0.1) is 6.92 Å². The van der Waals surface area contributed by atoms with E-state index in [4.69, 9.17) is 4.74 Å². The summed E-state index contributed by atoms with van der Waals surface area (Å²) in [5.41, 5.74) is 3.79. The Morgan fingerprint density at radius 3 is 2.69 bits per heavy atom. The largest absolute Gasteiger partial charge is 0.497 e. The van der Waals surface area contributed by atoms with Gasteiger partial charge in [0.25, 0.3) is 0 Å². The molecule has 5 heteroatoms. The molecular weight excluding hydrogens is 324 g/mol. The molecule has 0 fully saturated rings. The molecule has 0 saturated heterocycles. The van der Waals surface area contributed by atoms with Crippen LogP contribution in [0.4, 0.5) is 17.3 Å². The SMILES string of the molecule is COc1ccc(CNc2cc(N3CCc4ccccc43)nc(C)n2)cc1. The van der Waals surface area contributed by atoms with Crippen LogP contribution >= 0.6 is 0 Å². The van der Waals surface area contributed by atoms with Crippen molar-refractivity contribution in [3.05, 3.63) is 71.5 Å². The van der Waals surface area contributed by atoms with Crippen molar-refractivity contribution in [2.75, 3.05) is 23.9 Å². The number of aromatic nitrogens is 2. The Morgan fingerprint density at radius 1 is 1.08 bits per heavy atom. The maximum atomic E-state index is 5.20. The summed E-state index contributed by atoms with van der Waals surface area (Å²) >= 11 is 0. The van der Waals surface area contributed by atoms with Gasteiger partial charge in [0.1, 0.15) is 23.2 Å². The first-order chi connectivity index (χ1) is 12.7. The molecule has 5 nitrogen and oxygen atoms in total. The summed E-state index contributed by atoms with van der Waals surface area (Å²) in [7, 11) is 1.68. The highest BCUT2D eigenvalue weighted by atomic mass is 16.5. The number of hydrogen-bond acceptors (Lipinski definition) is 5.